The van der Waals surface area contributed by atoms with Crippen LogP contribution in [0.2, 0.25) is 0 Å². The summed E-state index contributed by atoms with van der Waals surface area (Å²) in [6, 6.07) is 3.03. The van der Waals surface area contributed by atoms with Crippen LogP contribution in [0.25, 0.3) is 0 Å². The molecule has 0 aliphatic heterocycles. The minimum atomic E-state index is 0.244. The molecule has 0 radical (unpaired) electrons. The fourth-order valence-corrected chi connectivity index (χ4v) is 3.39. The molecule has 3 atom stereocenters. The monoisotopic (exact) mass is 250 g/mol. The van der Waals surface area contributed by atoms with E-state index in [4.69, 9.17) is 0 Å². The number of hydrogen-bond acceptors (Lipinski definition) is 2. The van der Waals surface area contributed by atoms with Crippen molar-refractivity contribution in [2.24, 2.45) is 17.3 Å². The van der Waals surface area contributed by atoms with Gasteiger partial charge in [-0.15, -0.1) is 0 Å². The van der Waals surface area contributed by atoms with Gasteiger partial charge < -0.3 is 0 Å². The zero-order chi connectivity index (χ0) is 13.8. The standard InChI is InChI=1S/C16H30N2/c1-6-16(4,5)14-10-9-13(12-17)15(11-14)18(7-2)8-3/h13-15H,6-11H2,1-5H3. The smallest absolute Gasteiger partial charge is 0.0672 e. The molecule has 104 valence electrons. The lowest BCUT2D eigenvalue weighted by atomic mass is 9.66. The first-order valence-electron chi connectivity index (χ1n) is 7.63. The third-order valence-corrected chi connectivity index (χ3v) is 5.28. The minimum absolute atomic E-state index is 0.244. The Bertz CT molecular complexity index is 286. The molecule has 1 rings (SSSR count). The minimum Gasteiger partial charge on any atom is -0.300 e. The molecular weight excluding hydrogens is 220 g/mol. The molecule has 1 aliphatic rings. The summed E-state index contributed by atoms with van der Waals surface area (Å²) >= 11 is 0. The second-order valence-corrected chi connectivity index (χ2v) is 6.38. The SMILES string of the molecule is CCN(CC)C1CC(C(C)(C)CC)CCC1C#N. The van der Waals surface area contributed by atoms with Gasteiger partial charge in [0.05, 0.1) is 12.0 Å². The summed E-state index contributed by atoms with van der Waals surface area (Å²) in [5.41, 5.74) is 0.422. The maximum atomic E-state index is 9.37. The Balaban J connectivity index is 2.81. The summed E-state index contributed by atoms with van der Waals surface area (Å²) in [5, 5.41) is 9.37. The highest BCUT2D eigenvalue weighted by molar-refractivity contribution is 4.99. The van der Waals surface area contributed by atoms with Crippen LogP contribution in [-0.4, -0.2) is 24.0 Å². The molecule has 0 bridgehead atoms. The molecule has 3 unspecified atom stereocenters. The van der Waals surface area contributed by atoms with Gasteiger partial charge in [-0.05, 0) is 43.7 Å². The van der Waals surface area contributed by atoms with Gasteiger partial charge in [-0.25, -0.2) is 0 Å². The van der Waals surface area contributed by atoms with Crippen molar-refractivity contribution in [3.63, 3.8) is 0 Å². The third kappa shape index (κ3) is 3.26. The molecule has 1 saturated carbocycles. The molecule has 2 nitrogen and oxygen atoms in total. The molecule has 0 aromatic heterocycles. The molecule has 0 N–H and O–H groups in total. The fraction of sp³-hybridized carbons (Fsp3) is 0.938. The van der Waals surface area contributed by atoms with Crippen LogP contribution in [0.15, 0.2) is 0 Å². The molecule has 0 aromatic carbocycles. The second-order valence-electron chi connectivity index (χ2n) is 6.38. The van der Waals surface area contributed by atoms with Gasteiger partial charge in [0.25, 0.3) is 0 Å². The van der Waals surface area contributed by atoms with Gasteiger partial charge in [-0.3, -0.25) is 4.90 Å². The Labute approximate surface area is 113 Å². The van der Waals surface area contributed by atoms with Gasteiger partial charge in [0.15, 0.2) is 0 Å². The van der Waals surface area contributed by atoms with Crippen LogP contribution in [0.4, 0.5) is 0 Å². The lowest BCUT2D eigenvalue weighted by Gasteiger charge is -2.44. The van der Waals surface area contributed by atoms with E-state index >= 15 is 0 Å². The topological polar surface area (TPSA) is 27.0 Å². The van der Waals surface area contributed by atoms with E-state index in [-0.39, 0.29) is 5.92 Å². The number of hydrogen-bond donors (Lipinski definition) is 0. The number of nitriles is 1. The second kappa shape index (κ2) is 6.57. The molecule has 0 aromatic rings. The lowest BCUT2D eigenvalue weighted by Crippen LogP contribution is -2.46. The van der Waals surface area contributed by atoms with E-state index in [9.17, 15) is 5.26 Å². The van der Waals surface area contributed by atoms with Gasteiger partial charge in [-0.1, -0.05) is 41.0 Å². The van der Waals surface area contributed by atoms with Crippen LogP contribution in [0.3, 0.4) is 0 Å². The van der Waals surface area contributed by atoms with E-state index in [2.05, 4.69) is 45.6 Å². The average Bonchev–Trinajstić information content (AvgIpc) is 2.40. The fourth-order valence-electron chi connectivity index (χ4n) is 3.39. The van der Waals surface area contributed by atoms with E-state index in [1.165, 1.54) is 19.3 Å². The molecule has 2 heteroatoms. The zero-order valence-electron chi connectivity index (χ0n) is 12.9. The van der Waals surface area contributed by atoms with E-state index in [0.29, 0.717) is 11.5 Å². The van der Waals surface area contributed by atoms with Crippen molar-refractivity contribution >= 4 is 0 Å². The maximum Gasteiger partial charge on any atom is 0.0672 e. The zero-order valence-corrected chi connectivity index (χ0v) is 12.9. The first kappa shape index (κ1) is 15.5. The van der Waals surface area contributed by atoms with Gasteiger partial charge >= 0.3 is 0 Å². The van der Waals surface area contributed by atoms with Crippen molar-refractivity contribution in [3.05, 3.63) is 0 Å². The molecule has 18 heavy (non-hydrogen) atoms. The Kier molecular flexibility index (Phi) is 5.66. The molecule has 0 spiro atoms. The normalized spacial score (nSPS) is 29.3. The molecule has 0 amide bonds. The number of nitrogens with zero attached hydrogens (tertiary/aromatic N) is 2. The third-order valence-electron chi connectivity index (χ3n) is 5.28. The number of rotatable bonds is 5. The predicted molar refractivity (Wildman–Crippen MR) is 77.2 cm³/mol. The Morgan fingerprint density at radius 1 is 1.17 bits per heavy atom. The summed E-state index contributed by atoms with van der Waals surface area (Å²) in [7, 11) is 0. The average molecular weight is 250 g/mol. The van der Waals surface area contributed by atoms with Gasteiger partial charge in [0, 0.05) is 6.04 Å². The van der Waals surface area contributed by atoms with Crippen LogP contribution in [0, 0.1) is 28.6 Å². The molecule has 0 saturated heterocycles. The van der Waals surface area contributed by atoms with E-state index in [1.54, 1.807) is 0 Å². The van der Waals surface area contributed by atoms with Crippen LogP contribution in [-0.2, 0) is 0 Å². The van der Waals surface area contributed by atoms with Crippen LogP contribution < -0.4 is 0 Å². The highest BCUT2D eigenvalue weighted by atomic mass is 15.1. The molecule has 1 fully saturated rings. The summed E-state index contributed by atoms with van der Waals surface area (Å²) in [5.74, 6) is 1.02. The Morgan fingerprint density at radius 3 is 2.22 bits per heavy atom. The predicted octanol–water partition coefficient (Wildman–Crippen LogP) is 4.07. The van der Waals surface area contributed by atoms with E-state index < -0.39 is 0 Å². The highest BCUT2D eigenvalue weighted by Crippen LogP contribution is 2.43. The van der Waals surface area contributed by atoms with Gasteiger partial charge in [0.1, 0.15) is 0 Å². The van der Waals surface area contributed by atoms with Gasteiger partial charge in [0.2, 0.25) is 0 Å². The van der Waals surface area contributed by atoms with Crippen molar-refractivity contribution < 1.29 is 0 Å². The van der Waals surface area contributed by atoms with E-state index in [0.717, 1.165) is 25.4 Å². The molecular formula is C16H30N2. The maximum absolute atomic E-state index is 9.37. The quantitative estimate of drug-likeness (QED) is 0.735. The van der Waals surface area contributed by atoms with E-state index in [1.807, 2.05) is 0 Å². The first-order valence-corrected chi connectivity index (χ1v) is 7.63. The Hall–Kier alpha value is -0.550. The van der Waals surface area contributed by atoms with Crippen LogP contribution >= 0.6 is 0 Å². The van der Waals surface area contributed by atoms with Crippen LogP contribution in [0.1, 0.15) is 60.3 Å². The summed E-state index contributed by atoms with van der Waals surface area (Å²) in [6.45, 7) is 13.6. The summed E-state index contributed by atoms with van der Waals surface area (Å²) < 4.78 is 0. The Morgan fingerprint density at radius 2 is 1.78 bits per heavy atom. The van der Waals surface area contributed by atoms with Crippen molar-refractivity contribution in [2.45, 2.75) is 66.3 Å². The summed E-state index contributed by atoms with van der Waals surface area (Å²) in [6.07, 6.45) is 4.77. The van der Waals surface area contributed by atoms with Crippen molar-refractivity contribution in [2.75, 3.05) is 13.1 Å². The lowest BCUT2D eigenvalue weighted by molar-refractivity contribution is 0.0569. The first-order chi connectivity index (χ1) is 8.50. The molecule has 1 aliphatic carbocycles. The molecule has 0 heterocycles. The van der Waals surface area contributed by atoms with Crippen molar-refractivity contribution in [1.29, 1.82) is 5.26 Å². The van der Waals surface area contributed by atoms with Gasteiger partial charge in [-0.2, -0.15) is 5.26 Å². The largest absolute Gasteiger partial charge is 0.300 e. The summed E-state index contributed by atoms with van der Waals surface area (Å²) in [4.78, 5) is 2.49. The van der Waals surface area contributed by atoms with Crippen molar-refractivity contribution in [1.82, 2.24) is 4.90 Å². The van der Waals surface area contributed by atoms with Crippen molar-refractivity contribution in [3.8, 4) is 6.07 Å². The van der Waals surface area contributed by atoms with Crippen LogP contribution in [0.5, 0.6) is 0 Å². The highest BCUT2D eigenvalue weighted by Gasteiger charge is 2.38.